The van der Waals surface area contributed by atoms with Gasteiger partial charge in [0.2, 0.25) is 0 Å². The van der Waals surface area contributed by atoms with E-state index in [9.17, 15) is 0 Å². The maximum Gasteiger partial charge on any atom is 0.144 e. The molecule has 1 heterocycles. The molecule has 0 amide bonds. The molecular weight excluding hydrogens is 104 g/mol. The SMILES string of the molecule is Cc1cc(N)n(N)n1. The molecule has 1 aromatic rings. The summed E-state index contributed by atoms with van der Waals surface area (Å²) in [6.07, 6.45) is 0. The summed E-state index contributed by atoms with van der Waals surface area (Å²) in [5.41, 5.74) is 6.15. The molecule has 0 radical (unpaired) electrons. The molecule has 4 N–H and O–H groups in total. The van der Waals surface area contributed by atoms with Crippen molar-refractivity contribution in [3.63, 3.8) is 0 Å². The second kappa shape index (κ2) is 1.40. The monoisotopic (exact) mass is 112 g/mol. The average molecular weight is 112 g/mol. The van der Waals surface area contributed by atoms with Gasteiger partial charge in [0.25, 0.3) is 0 Å². The van der Waals surface area contributed by atoms with Crippen LogP contribution in [-0.4, -0.2) is 9.89 Å². The molecule has 8 heavy (non-hydrogen) atoms. The first kappa shape index (κ1) is 4.96. The number of aryl methyl sites for hydroxylation is 1. The lowest BCUT2D eigenvalue weighted by Crippen LogP contribution is -2.12. The van der Waals surface area contributed by atoms with Crippen LogP contribution in [0.5, 0.6) is 0 Å². The summed E-state index contributed by atoms with van der Waals surface area (Å²) >= 11 is 0. The van der Waals surface area contributed by atoms with E-state index in [0.717, 1.165) is 10.5 Å². The third kappa shape index (κ3) is 0.598. The quantitative estimate of drug-likeness (QED) is 0.444. The van der Waals surface area contributed by atoms with Gasteiger partial charge in [-0.3, -0.25) is 0 Å². The molecule has 0 spiro atoms. The number of anilines is 1. The van der Waals surface area contributed by atoms with E-state index in [4.69, 9.17) is 11.6 Å². The number of nitrogens with zero attached hydrogens (tertiary/aromatic N) is 2. The van der Waals surface area contributed by atoms with Gasteiger partial charge >= 0.3 is 0 Å². The van der Waals surface area contributed by atoms with Gasteiger partial charge in [-0.2, -0.15) is 9.89 Å². The molecule has 0 bridgehead atoms. The van der Waals surface area contributed by atoms with Crippen LogP contribution in [0.3, 0.4) is 0 Å². The van der Waals surface area contributed by atoms with Crippen molar-refractivity contribution >= 4 is 5.82 Å². The highest BCUT2D eigenvalue weighted by Gasteiger charge is 1.93. The van der Waals surface area contributed by atoms with Crippen LogP contribution in [0.1, 0.15) is 5.69 Å². The van der Waals surface area contributed by atoms with Crippen molar-refractivity contribution in [2.75, 3.05) is 11.6 Å². The predicted octanol–water partition coefficient (Wildman–Crippen LogP) is -0.512. The Balaban J connectivity index is 3.14. The number of nitrogens with two attached hydrogens (primary N) is 2. The van der Waals surface area contributed by atoms with Gasteiger partial charge in [0.15, 0.2) is 0 Å². The van der Waals surface area contributed by atoms with Gasteiger partial charge in [-0.15, -0.1) is 0 Å². The lowest BCUT2D eigenvalue weighted by Gasteiger charge is -1.88. The number of hydrogen-bond donors (Lipinski definition) is 2. The Morgan fingerprint density at radius 3 is 2.50 bits per heavy atom. The second-order valence-corrected chi connectivity index (χ2v) is 1.66. The molecule has 4 nitrogen and oxygen atoms in total. The molecule has 0 aliphatic rings. The molecule has 0 fully saturated rings. The van der Waals surface area contributed by atoms with E-state index in [0.29, 0.717) is 5.82 Å². The first-order valence-corrected chi connectivity index (χ1v) is 2.27. The van der Waals surface area contributed by atoms with Crippen LogP contribution in [-0.2, 0) is 0 Å². The molecular formula is C4H8N4. The fraction of sp³-hybridized carbons (Fsp3) is 0.250. The highest BCUT2D eigenvalue weighted by atomic mass is 15.5. The standard InChI is InChI=1S/C4H8N4/c1-3-2-4(5)8(6)7-3/h2H,5-6H2,1H3. The minimum absolute atomic E-state index is 0.488. The van der Waals surface area contributed by atoms with Crippen molar-refractivity contribution in [1.29, 1.82) is 0 Å². The van der Waals surface area contributed by atoms with Gasteiger partial charge < -0.3 is 11.6 Å². The third-order valence-corrected chi connectivity index (χ3v) is 0.887. The lowest BCUT2D eigenvalue weighted by molar-refractivity contribution is 0.827. The molecule has 1 rings (SSSR count). The van der Waals surface area contributed by atoms with Crippen molar-refractivity contribution in [2.45, 2.75) is 6.92 Å². The molecule has 1 aromatic heterocycles. The zero-order chi connectivity index (χ0) is 6.15. The van der Waals surface area contributed by atoms with Gasteiger partial charge in [0, 0.05) is 6.07 Å². The predicted molar refractivity (Wildman–Crippen MR) is 31.5 cm³/mol. The van der Waals surface area contributed by atoms with E-state index in [1.807, 2.05) is 6.92 Å². The molecule has 4 heteroatoms. The van der Waals surface area contributed by atoms with Crippen LogP contribution < -0.4 is 11.6 Å². The molecule has 0 saturated heterocycles. The van der Waals surface area contributed by atoms with Gasteiger partial charge in [-0.25, -0.2) is 0 Å². The first-order chi connectivity index (χ1) is 3.70. The highest BCUT2D eigenvalue weighted by molar-refractivity contribution is 5.29. The summed E-state index contributed by atoms with van der Waals surface area (Å²) in [6.45, 7) is 1.83. The first-order valence-electron chi connectivity index (χ1n) is 2.27. The largest absolute Gasteiger partial charge is 0.382 e. The van der Waals surface area contributed by atoms with Crippen LogP contribution >= 0.6 is 0 Å². The maximum absolute atomic E-state index is 5.32. The summed E-state index contributed by atoms with van der Waals surface area (Å²) in [4.78, 5) is 1.15. The normalized spacial score (nSPS) is 9.62. The van der Waals surface area contributed by atoms with Gasteiger partial charge in [0.1, 0.15) is 5.82 Å². The third-order valence-electron chi connectivity index (χ3n) is 0.887. The Bertz CT molecular complexity index is 170. The van der Waals surface area contributed by atoms with Crippen molar-refractivity contribution in [3.8, 4) is 0 Å². The molecule has 0 saturated carbocycles. The topological polar surface area (TPSA) is 69.9 Å². The summed E-state index contributed by atoms with van der Waals surface area (Å²) in [6, 6.07) is 1.71. The minimum atomic E-state index is 0.488. The van der Waals surface area contributed by atoms with Crippen LogP contribution in [0, 0.1) is 6.92 Å². The van der Waals surface area contributed by atoms with E-state index >= 15 is 0 Å². The van der Waals surface area contributed by atoms with Crippen LogP contribution in [0.25, 0.3) is 0 Å². The van der Waals surface area contributed by atoms with Crippen molar-refractivity contribution in [1.82, 2.24) is 9.89 Å². The highest BCUT2D eigenvalue weighted by Crippen LogP contribution is 1.98. The summed E-state index contributed by atoms with van der Waals surface area (Å²) in [5, 5.41) is 3.78. The molecule has 0 aliphatic carbocycles. The average Bonchev–Trinajstić information content (AvgIpc) is 1.85. The summed E-state index contributed by atoms with van der Waals surface area (Å²) in [5.74, 6) is 5.71. The van der Waals surface area contributed by atoms with E-state index in [1.54, 1.807) is 6.07 Å². The van der Waals surface area contributed by atoms with E-state index < -0.39 is 0 Å². The summed E-state index contributed by atoms with van der Waals surface area (Å²) < 4.78 is 0. The fourth-order valence-corrected chi connectivity index (χ4v) is 0.537. The van der Waals surface area contributed by atoms with E-state index in [2.05, 4.69) is 5.10 Å². The second-order valence-electron chi connectivity index (χ2n) is 1.66. The van der Waals surface area contributed by atoms with Crippen LogP contribution in [0.15, 0.2) is 6.07 Å². The number of nitrogen functional groups attached to an aromatic ring is 2. The van der Waals surface area contributed by atoms with Crippen LogP contribution in [0.2, 0.25) is 0 Å². The Morgan fingerprint density at radius 1 is 1.75 bits per heavy atom. The number of hydrogen-bond acceptors (Lipinski definition) is 3. The molecule has 0 aliphatic heterocycles. The molecule has 0 aromatic carbocycles. The van der Waals surface area contributed by atoms with Gasteiger partial charge in [-0.1, -0.05) is 0 Å². The van der Waals surface area contributed by atoms with Crippen LogP contribution in [0.4, 0.5) is 5.82 Å². The smallest absolute Gasteiger partial charge is 0.144 e. The number of rotatable bonds is 0. The Kier molecular flexibility index (Phi) is 0.865. The minimum Gasteiger partial charge on any atom is -0.382 e. The maximum atomic E-state index is 5.32. The molecule has 44 valence electrons. The molecule has 0 unspecified atom stereocenters. The zero-order valence-electron chi connectivity index (χ0n) is 4.63. The lowest BCUT2D eigenvalue weighted by atomic mass is 10.5. The Labute approximate surface area is 47.1 Å². The van der Waals surface area contributed by atoms with E-state index in [1.165, 1.54) is 0 Å². The van der Waals surface area contributed by atoms with Crippen molar-refractivity contribution < 1.29 is 0 Å². The van der Waals surface area contributed by atoms with Crippen molar-refractivity contribution in [3.05, 3.63) is 11.8 Å². The zero-order valence-corrected chi connectivity index (χ0v) is 4.63. The number of aromatic nitrogens is 2. The van der Waals surface area contributed by atoms with Gasteiger partial charge in [-0.05, 0) is 6.92 Å². The van der Waals surface area contributed by atoms with E-state index in [-0.39, 0.29) is 0 Å². The fourth-order valence-electron chi connectivity index (χ4n) is 0.537. The van der Waals surface area contributed by atoms with Crippen molar-refractivity contribution in [2.24, 2.45) is 0 Å². The Morgan fingerprint density at radius 2 is 2.38 bits per heavy atom. The molecule has 0 atom stereocenters. The summed E-state index contributed by atoms with van der Waals surface area (Å²) in [7, 11) is 0. The Hall–Kier alpha value is -1.19. The van der Waals surface area contributed by atoms with Gasteiger partial charge in [0.05, 0.1) is 5.69 Å².